The summed E-state index contributed by atoms with van der Waals surface area (Å²) in [5.74, 6) is -0.989. The molecule has 0 aliphatic rings. The molecule has 118 valence electrons. The second kappa shape index (κ2) is 5.82. The number of nitrogens with zero attached hydrogens (tertiary/aromatic N) is 1. The number of rotatable bonds is 3. The molecule has 0 saturated heterocycles. The minimum Gasteiger partial charge on any atom is -0.333 e. The van der Waals surface area contributed by atoms with E-state index in [1.54, 1.807) is 0 Å². The van der Waals surface area contributed by atoms with Gasteiger partial charge in [0.2, 0.25) is 10.0 Å². The summed E-state index contributed by atoms with van der Waals surface area (Å²) in [4.78, 5) is 11.8. The molecule has 0 aliphatic carbocycles. The third kappa shape index (κ3) is 4.58. The predicted octanol–water partition coefficient (Wildman–Crippen LogP) is 1.93. The molecule has 0 unspecified atom stereocenters. The number of primary sulfonamides is 1. The van der Waals surface area contributed by atoms with Crippen LogP contribution in [0.3, 0.4) is 0 Å². The van der Waals surface area contributed by atoms with Gasteiger partial charge in [-0.15, -0.1) is 0 Å². The first-order valence-electron chi connectivity index (χ1n) is 5.48. The lowest BCUT2D eigenvalue weighted by atomic mass is 10.1. The first kappa shape index (κ1) is 17.7. The summed E-state index contributed by atoms with van der Waals surface area (Å²) < 4.78 is 59.5. The maximum absolute atomic E-state index is 12.3. The lowest BCUT2D eigenvalue weighted by molar-refractivity contribution is -0.138. The Balaban J connectivity index is 3.27. The first-order chi connectivity index (χ1) is 9.33. The molecule has 0 heterocycles. The van der Waals surface area contributed by atoms with Crippen LogP contribution in [0.15, 0.2) is 17.0 Å². The molecule has 1 aromatic rings. The Bertz CT molecular complexity index is 674. The minimum absolute atomic E-state index is 0.174. The van der Waals surface area contributed by atoms with Crippen LogP contribution < -0.4 is 5.14 Å². The van der Waals surface area contributed by atoms with Crippen molar-refractivity contribution in [3.63, 3.8) is 0 Å². The van der Waals surface area contributed by atoms with Crippen molar-refractivity contribution in [3.8, 4) is 0 Å². The number of hydrogen-bond donors (Lipinski definition) is 1. The number of alkyl halides is 3. The van der Waals surface area contributed by atoms with Crippen molar-refractivity contribution in [2.75, 3.05) is 13.6 Å². The van der Waals surface area contributed by atoms with E-state index < -0.39 is 33.5 Å². The van der Waals surface area contributed by atoms with Gasteiger partial charge in [-0.05, 0) is 24.6 Å². The normalized spacial score (nSPS) is 12.3. The van der Waals surface area contributed by atoms with Crippen LogP contribution in [0.1, 0.15) is 15.9 Å². The zero-order chi connectivity index (χ0) is 16.6. The van der Waals surface area contributed by atoms with Crippen LogP contribution in [0.25, 0.3) is 0 Å². The predicted molar refractivity (Wildman–Crippen MR) is 70.6 cm³/mol. The molecule has 0 aromatic heterocycles. The SMILES string of the molecule is Cc1cc(C(=O)N(C)CC(F)(F)F)cc(S(N)(=O)=O)c1Cl. The van der Waals surface area contributed by atoms with Gasteiger partial charge >= 0.3 is 6.18 Å². The highest BCUT2D eigenvalue weighted by Gasteiger charge is 2.32. The highest BCUT2D eigenvalue weighted by molar-refractivity contribution is 7.89. The molecule has 1 aromatic carbocycles. The van der Waals surface area contributed by atoms with E-state index in [4.69, 9.17) is 16.7 Å². The van der Waals surface area contributed by atoms with Gasteiger partial charge in [-0.1, -0.05) is 11.6 Å². The van der Waals surface area contributed by atoms with Crippen LogP contribution in [0.5, 0.6) is 0 Å². The van der Waals surface area contributed by atoms with Gasteiger partial charge in [-0.25, -0.2) is 13.6 Å². The van der Waals surface area contributed by atoms with Gasteiger partial charge in [0.25, 0.3) is 5.91 Å². The Morgan fingerprint density at radius 1 is 1.38 bits per heavy atom. The molecule has 5 nitrogen and oxygen atoms in total. The lowest BCUT2D eigenvalue weighted by Crippen LogP contribution is -2.36. The van der Waals surface area contributed by atoms with Crippen molar-refractivity contribution in [2.24, 2.45) is 5.14 Å². The summed E-state index contributed by atoms with van der Waals surface area (Å²) >= 11 is 5.78. The Kier molecular flexibility index (Phi) is 4.91. The number of aryl methyl sites for hydroxylation is 1. The van der Waals surface area contributed by atoms with Crippen molar-refractivity contribution in [1.82, 2.24) is 4.90 Å². The van der Waals surface area contributed by atoms with Gasteiger partial charge in [0.05, 0.1) is 5.02 Å². The molecular formula is C11H12ClF3N2O3S. The average Bonchev–Trinajstić information content (AvgIpc) is 2.27. The van der Waals surface area contributed by atoms with Crippen LogP contribution in [0.4, 0.5) is 13.2 Å². The maximum atomic E-state index is 12.3. The van der Waals surface area contributed by atoms with Gasteiger partial charge < -0.3 is 4.90 Å². The first-order valence-corrected chi connectivity index (χ1v) is 7.40. The van der Waals surface area contributed by atoms with Gasteiger partial charge in [-0.3, -0.25) is 4.79 Å². The van der Waals surface area contributed by atoms with Crippen molar-refractivity contribution >= 4 is 27.5 Å². The number of hydrogen-bond acceptors (Lipinski definition) is 3. The Hall–Kier alpha value is -1.32. The van der Waals surface area contributed by atoms with Crippen LogP contribution in [-0.4, -0.2) is 39.0 Å². The Morgan fingerprint density at radius 3 is 2.33 bits per heavy atom. The van der Waals surface area contributed by atoms with Crippen LogP contribution in [0.2, 0.25) is 5.02 Å². The molecule has 0 bridgehead atoms. The molecule has 1 amide bonds. The molecule has 0 aliphatic heterocycles. The van der Waals surface area contributed by atoms with Crippen molar-refractivity contribution in [2.45, 2.75) is 18.0 Å². The number of carbonyl (C=O) groups is 1. The second-order valence-corrected chi connectivity index (χ2v) is 6.33. The zero-order valence-electron chi connectivity index (χ0n) is 11.0. The van der Waals surface area contributed by atoms with Crippen LogP contribution in [0, 0.1) is 6.92 Å². The van der Waals surface area contributed by atoms with Crippen LogP contribution in [-0.2, 0) is 10.0 Å². The lowest BCUT2D eigenvalue weighted by Gasteiger charge is -2.19. The molecule has 1 rings (SSSR count). The summed E-state index contributed by atoms with van der Waals surface area (Å²) in [6.45, 7) is -0.0459. The summed E-state index contributed by atoms with van der Waals surface area (Å²) in [7, 11) is -3.24. The van der Waals surface area contributed by atoms with E-state index in [2.05, 4.69) is 0 Å². The topological polar surface area (TPSA) is 80.5 Å². The fourth-order valence-electron chi connectivity index (χ4n) is 1.63. The molecule has 0 radical (unpaired) electrons. The molecular weight excluding hydrogens is 333 g/mol. The standard InChI is InChI=1S/C11H12ClF3N2O3S/c1-6-3-7(4-8(9(6)12)21(16,19)20)10(18)17(2)5-11(13,14)15/h3-4H,5H2,1-2H3,(H2,16,19,20). The third-order valence-electron chi connectivity index (χ3n) is 2.54. The molecule has 21 heavy (non-hydrogen) atoms. The fourth-order valence-corrected chi connectivity index (χ4v) is 2.76. The number of carbonyl (C=O) groups excluding carboxylic acids is 1. The van der Waals surface area contributed by atoms with Gasteiger partial charge in [0, 0.05) is 12.6 Å². The van der Waals surface area contributed by atoms with Gasteiger partial charge in [-0.2, -0.15) is 13.2 Å². The fraction of sp³-hybridized carbons (Fsp3) is 0.364. The smallest absolute Gasteiger partial charge is 0.333 e. The quantitative estimate of drug-likeness (QED) is 0.909. The van der Waals surface area contributed by atoms with E-state index >= 15 is 0 Å². The summed E-state index contributed by atoms with van der Waals surface area (Å²) in [6, 6.07) is 2.06. The average molecular weight is 345 g/mol. The Labute approximate surface area is 124 Å². The number of halogens is 4. The summed E-state index contributed by atoms with van der Waals surface area (Å²) in [5.41, 5.74) is -0.0281. The van der Waals surface area contributed by atoms with E-state index in [1.807, 2.05) is 0 Å². The van der Waals surface area contributed by atoms with Crippen molar-refractivity contribution in [3.05, 3.63) is 28.3 Å². The highest BCUT2D eigenvalue weighted by Crippen LogP contribution is 2.27. The van der Waals surface area contributed by atoms with Crippen LogP contribution >= 0.6 is 11.6 Å². The highest BCUT2D eigenvalue weighted by atomic mass is 35.5. The van der Waals surface area contributed by atoms with Crippen molar-refractivity contribution in [1.29, 1.82) is 0 Å². The largest absolute Gasteiger partial charge is 0.406 e. The van der Waals surface area contributed by atoms with Crippen molar-refractivity contribution < 1.29 is 26.4 Å². The molecule has 0 atom stereocenters. The molecule has 2 N–H and O–H groups in total. The van der Waals surface area contributed by atoms with E-state index in [-0.39, 0.29) is 16.1 Å². The Morgan fingerprint density at radius 2 is 1.90 bits per heavy atom. The number of sulfonamides is 1. The number of nitrogens with two attached hydrogens (primary N) is 1. The molecule has 10 heteroatoms. The monoisotopic (exact) mass is 344 g/mol. The van der Waals surface area contributed by atoms with Gasteiger partial charge in [0.15, 0.2) is 0 Å². The second-order valence-electron chi connectivity index (χ2n) is 4.43. The summed E-state index contributed by atoms with van der Waals surface area (Å²) in [5, 5.41) is 4.78. The van der Waals surface area contributed by atoms with E-state index in [9.17, 15) is 26.4 Å². The minimum atomic E-state index is -4.56. The molecule has 0 fully saturated rings. The number of benzene rings is 1. The molecule has 0 saturated carbocycles. The third-order valence-corrected chi connectivity index (χ3v) is 4.09. The van der Waals surface area contributed by atoms with E-state index in [0.29, 0.717) is 4.90 Å². The summed E-state index contributed by atoms with van der Waals surface area (Å²) in [6.07, 6.45) is -4.56. The van der Waals surface area contributed by atoms with E-state index in [0.717, 1.165) is 13.1 Å². The number of amides is 1. The van der Waals surface area contributed by atoms with Gasteiger partial charge in [0.1, 0.15) is 11.4 Å². The zero-order valence-corrected chi connectivity index (χ0v) is 12.6. The molecule has 0 spiro atoms. The maximum Gasteiger partial charge on any atom is 0.406 e. The van der Waals surface area contributed by atoms with E-state index in [1.165, 1.54) is 13.0 Å².